The second-order valence-corrected chi connectivity index (χ2v) is 7.22. The van der Waals surface area contributed by atoms with E-state index < -0.39 is 0 Å². The summed E-state index contributed by atoms with van der Waals surface area (Å²) in [6.45, 7) is 0. The summed E-state index contributed by atoms with van der Waals surface area (Å²) in [5.41, 5.74) is 3.54. The number of imidazole rings is 1. The first kappa shape index (κ1) is 17.6. The molecule has 0 saturated carbocycles. The number of fused-ring (bicyclic) bond motifs is 1. The Bertz CT molecular complexity index is 1090. The monoisotopic (exact) mass is 393 g/mol. The summed E-state index contributed by atoms with van der Waals surface area (Å²) in [4.78, 5) is 17.1. The average Bonchev–Trinajstić information content (AvgIpc) is 3.07. The third-order valence-corrected chi connectivity index (χ3v) is 5.29. The van der Waals surface area contributed by atoms with Crippen molar-refractivity contribution < 1.29 is 4.79 Å². The van der Waals surface area contributed by atoms with Gasteiger partial charge in [-0.2, -0.15) is 0 Å². The van der Waals surface area contributed by atoms with Crippen LogP contribution < -0.4 is 5.32 Å². The van der Waals surface area contributed by atoms with Gasteiger partial charge in [0.05, 0.1) is 27.5 Å². The number of hydrogen-bond donors (Lipinski definition) is 1. The van der Waals surface area contributed by atoms with Crippen LogP contribution in [0.25, 0.3) is 16.7 Å². The van der Waals surface area contributed by atoms with E-state index >= 15 is 0 Å². The molecule has 0 radical (unpaired) electrons. The lowest BCUT2D eigenvalue weighted by atomic mass is 10.3. The standard InChI is InChI=1S/C21H16ClN3OS/c22-16-10-4-5-11-17(16)23-20(26)14-27-21-24-18-12-6-7-13-19(18)25(21)15-8-2-1-3-9-15/h1-13H,14H2,(H,23,26). The Balaban J connectivity index is 1.59. The van der Waals surface area contributed by atoms with Gasteiger partial charge in [0.15, 0.2) is 5.16 Å². The zero-order valence-corrected chi connectivity index (χ0v) is 15.9. The molecule has 1 amide bonds. The number of nitrogens with one attached hydrogen (secondary N) is 1. The highest BCUT2D eigenvalue weighted by Gasteiger charge is 2.14. The fourth-order valence-corrected chi connectivity index (χ4v) is 3.82. The molecular weight excluding hydrogens is 378 g/mol. The van der Waals surface area contributed by atoms with Gasteiger partial charge < -0.3 is 5.32 Å². The van der Waals surface area contributed by atoms with Crippen molar-refractivity contribution in [3.63, 3.8) is 0 Å². The molecule has 0 saturated heterocycles. The maximum atomic E-state index is 12.4. The minimum Gasteiger partial charge on any atom is -0.324 e. The van der Waals surface area contributed by atoms with Crippen molar-refractivity contribution >= 4 is 46.0 Å². The number of aromatic nitrogens is 2. The van der Waals surface area contributed by atoms with Crippen molar-refractivity contribution in [1.82, 2.24) is 9.55 Å². The van der Waals surface area contributed by atoms with Crippen molar-refractivity contribution in [3.8, 4) is 5.69 Å². The lowest BCUT2D eigenvalue weighted by molar-refractivity contribution is -0.113. The number of para-hydroxylation sites is 4. The van der Waals surface area contributed by atoms with Gasteiger partial charge in [0.25, 0.3) is 0 Å². The molecule has 1 N–H and O–H groups in total. The number of hydrogen-bond acceptors (Lipinski definition) is 3. The van der Waals surface area contributed by atoms with Crippen LogP contribution in [0.2, 0.25) is 5.02 Å². The largest absolute Gasteiger partial charge is 0.324 e. The van der Waals surface area contributed by atoms with Crippen molar-refractivity contribution in [1.29, 1.82) is 0 Å². The van der Waals surface area contributed by atoms with E-state index in [9.17, 15) is 4.79 Å². The van der Waals surface area contributed by atoms with Gasteiger partial charge in [0.1, 0.15) is 0 Å². The maximum Gasteiger partial charge on any atom is 0.234 e. The first-order valence-electron chi connectivity index (χ1n) is 8.42. The van der Waals surface area contributed by atoms with Gasteiger partial charge in [-0.3, -0.25) is 9.36 Å². The Hall–Kier alpha value is -2.76. The molecule has 0 aliphatic carbocycles. The van der Waals surface area contributed by atoms with Crippen LogP contribution in [0.1, 0.15) is 0 Å². The Labute approximate surface area is 166 Å². The van der Waals surface area contributed by atoms with Gasteiger partial charge in [-0.1, -0.05) is 65.8 Å². The molecule has 4 rings (SSSR count). The SMILES string of the molecule is O=C(CSc1nc2ccccc2n1-c1ccccc1)Nc1ccccc1Cl. The van der Waals surface area contributed by atoms with Gasteiger partial charge in [-0.25, -0.2) is 4.98 Å². The van der Waals surface area contributed by atoms with Gasteiger partial charge >= 0.3 is 0 Å². The van der Waals surface area contributed by atoms with Crippen LogP contribution in [0.4, 0.5) is 5.69 Å². The number of amides is 1. The molecule has 0 aliphatic heterocycles. The second-order valence-electron chi connectivity index (χ2n) is 5.87. The number of carbonyl (C=O) groups excluding carboxylic acids is 1. The summed E-state index contributed by atoms with van der Waals surface area (Å²) in [6.07, 6.45) is 0. The predicted octanol–water partition coefficient (Wildman–Crippen LogP) is 5.41. The zero-order valence-electron chi connectivity index (χ0n) is 14.3. The Morgan fingerprint density at radius 1 is 0.963 bits per heavy atom. The van der Waals surface area contributed by atoms with Crippen molar-refractivity contribution in [2.75, 3.05) is 11.1 Å². The molecule has 6 heteroatoms. The van der Waals surface area contributed by atoms with E-state index in [0.29, 0.717) is 10.7 Å². The number of halogens is 1. The minimum atomic E-state index is -0.125. The van der Waals surface area contributed by atoms with Gasteiger partial charge in [-0.15, -0.1) is 0 Å². The molecule has 0 fully saturated rings. The minimum absolute atomic E-state index is 0.125. The highest BCUT2D eigenvalue weighted by atomic mass is 35.5. The molecule has 134 valence electrons. The van der Waals surface area contributed by atoms with E-state index in [1.807, 2.05) is 66.7 Å². The smallest absolute Gasteiger partial charge is 0.234 e. The summed E-state index contributed by atoms with van der Waals surface area (Å²) >= 11 is 7.50. The molecule has 0 aliphatic rings. The van der Waals surface area contributed by atoms with Crippen LogP contribution in [0, 0.1) is 0 Å². The summed E-state index contributed by atoms with van der Waals surface area (Å²) in [5, 5.41) is 4.14. The quantitative estimate of drug-likeness (QED) is 0.461. The third kappa shape index (κ3) is 3.84. The number of thioether (sulfide) groups is 1. The number of rotatable bonds is 5. The van der Waals surface area contributed by atoms with E-state index in [2.05, 4.69) is 9.88 Å². The van der Waals surface area contributed by atoms with Crippen LogP contribution in [0.5, 0.6) is 0 Å². The Morgan fingerprint density at radius 3 is 2.48 bits per heavy atom. The van der Waals surface area contributed by atoms with Crippen molar-refractivity contribution in [3.05, 3.63) is 83.9 Å². The molecule has 0 unspecified atom stereocenters. The average molecular weight is 394 g/mol. The van der Waals surface area contributed by atoms with Gasteiger partial charge in [0.2, 0.25) is 5.91 Å². The number of anilines is 1. The van der Waals surface area contributed by atoms with E-state index in [0.717, 1.165) is 21.9 Å². The fourth-order valence-electron chi connectivity index (χ4n) is 2.81. The first-order chi connectivity index (χ1) is 13.2. The maximum absolute atomic E-state index is 12.4. The second kappa shape index (κ2) is 7.86. The van der Waals surface area contributed by atoms with Crippen LogP contribution in [-0.4, -0.2) is 21.2 Å². The molecule has 1 aromatic heterocycles. The van der Waals surface area contributed by atoms with Crippen molar-refractivity contribution in [2.45, 2.75) is 5.16 Å². The highest BCUT2D eigenvalue weighted by Crippen LogP contribution is 2.28. The highest BCUT2D eigenvalue weighted by molar-refractivity contribution is 7.99. The number of carbonyl (C=O) groups is 1. The summed E-state index contributed by atoms with van der Waals surface area (Å²) in [5.74, 6) is 0.112. The van der Waals surface area contributed by atoms with Crippen LogP contribution in [0.15, 0.2) is 84.0 Å². The summed E-state index contributed by atoms with van der Waals surface area (Å²) in [7, 11) is 0. The summed E-state index contributed by atoms with van der Waals surface area (Å²) in [6, 6.07) is 25.2. The van der Waals surface area contributed by atoms with Crippen LogP contribution in [-0.2, 0) is 4.79 Å². The molecule has 27 heavy (non-hydrogen) atoms. The van der Waals surface area contributed by atoms with Gasteiger partial charge in [-0.05, 0) is 36.4 Å². The number of nitrogens with zero attached hydrogens (tertiary/aromatic N) is 2. The Morgan fingerprint density at radius 2 is 1.67 bits per heavy atom. The van der Waals surface area contributed by atoms with Crippen molar-refractivity contribution in [2.24, 2.45) is 0 Å². The van der Waals surface area contributed by atoms with Crippen LogP contribution >= 0.6 is 23.4 Å². The molecule has 0 atom stereocenters. The molecule has 1 heterocycles. The molecule has 0 spiro atoms. The van der Waals surface area contributed by atoms with E-state index in [4.69, 9.17) is 16.6 Å². The fraction of sp³-hybridized carbons (Fsp3) is 0.0476. The first-order valence-corrected chi connectivity index (χ1v) is 9.79. The third-order valence-electron chi connectivity index (χ3n) is 4.02. The zero-order chi connectivity index (χ0) is 18.6. The summed E-state index contributed by atoms with van der Waals surface area (Å²) < 4.78 is 2.07. The molecule has 4 nitrogen and oxygen atoms in total. The Kier molecular flexibility index (Phi) is 5.14. The molecule has 4 aromatic rings. The lowest BCUT2D eigenvalue weighted by Crippen LogP contribution is -2.14. The van der Waals surface area contributed by atoms with Crippen LogP contribution in [0.3, 0.4) is 0 Å². The lowest BCUT2D eigenvalue weighted by Gasteiger charge is -2.09. The number of benzene rings is 3. The molecule has 0 bridgehead atoms. The van der Waals surface area contributed by atoms with E-state index in [1.165, 1.54) is 11.8 Å². The molecule has 3 aromatic carbocycles. The predicted molar refractivity (Wildman–Crippen MR) is 112 cm³/mol. The molecular formula is C21H16ClN3OS. The topological polar surface area (TPSA) is 46.9 Å². The normalized spacial score (nSPS) is 10.9. The van der Waals surface area contributed by atoms with E-state index in [1.54, 1.807) is 12.1 Å². The van der Waals surface area contributed by atoms with Gasteiger partial charge in [0, 0.05) is 5.69 Å². The van der Waals surface area contributed by atoms with E-state index in [-0.39, 0.29) is 11.7 Å².